The highest BCUT2D eigenvalue weighted by atomic mass is 16.6. The number of nitrogens with zero attached hydrogens (tertiary/aromatic N) is 2. The molecule has 0 aliphatic rings. The van der Waals surface area contributed by atoms with E-state index in [2.05, 4.69) is 6.07 Å². The Kier molecular flexibility index (Phi) is 3.62. The maximum absolute atomic E-state index is 10.5. The third-order valence-corrected chi connectivity index (χ3v) is 2.79. The number of nitriles is 1. The monoisotopic (exact) mass is 218 g/mol. The van der Waals surface area contributed by atoms with Gasteiger partial charge in [-0.15, -0.1) is 0 Å². The summed E-state index contributed by atoms with van der Waals surface area (Å²) in [5.41, 5.74) is 0.645. The van der Waals surface area contributed by atoms with Crippen LogP contribution in [-0.4, -0.2) is 4.92 Å². The van der Waals surface area contributed by atoms with E-state index in [1.807, 2.05) is 13.8 Å². The van der Waals surface area contributed by atoms with Gasteiger partial charge in [-0.2, -0.15) is 5.26 Å². The topological polar surface area (TPSA) is 66.9 Å². The van der Waals surface area contributed by atoms with Crippen molar-refractivity contribution in [2.75, 3.05) is 0 Å². The SMILES string of the molecule is CCC(C)(C#N)Cc1ccc([N+](=O)[O-])cc1. The lowest BCUT2D eigenvalue weighted by Crippen LogP contribution is -2.15. The molecule has 0 heterocycles. The van der Waals surface area contributed by atoms with Gasteiger partial charge < -0.3 is 0 Å². The van der Waals surface area contributed by atoms with Crippen LogP contribution in [0.3, 0.4) is 0 Å². The minimum absolute atomic E-state index is 0.0823. The minimum atomic E-state index is -0.424. The van der Waals surface area contributed by atoms with Gasteiger partial charge in [0.2, 0.25) is 0 Å². The van der Waals surface area contributed by atoms with Gasteiger partial charge >= 0.3 is 0 Å². The van der Waals surface area contributed by atoms with Gasteiger partial charge in [0.25, 0.3) is 5.69 Å². The van der Waals surface area contributed by atoms with Crippen LogP contribution in [-0.2, 0) is 6.42 Å². The molecular weight excluding hydrogens is 204 g/mol. The summed E-state index contributed by atoms with van der Waals surface area (Å²) in [4.78, 5) is 10.0. The van der Waals surface area contributed by atoms with E-state index in [9.17, 15) is 10.1 Å². The summed E-state index contributed by atoms with van der Waals surface area (Å²) in [5.74, 6) is 0. The Morgan fingerprint density at radius 3 is 2.38 bits per heavy atom. The Labute approximate surface area is 94.7 Å². The van der Waals surface area contributed by atoms with Gasteiger partial charge in [0.1, 0.15) is 0 Å². The minimum Gasteiger partial charge on any atom is -0.258 e. The van der Waals surface area contributed by atoms with Crippen LogP contribution in [0.1, 0.15) is 25.8 Å². The summed E-state index contributed by atoms with van der Waals surface area (Å²) >= 11 is 0. The normalized spacial score (nSPS) is 13.8. The fourth-order valence-electron chi connectivity index (χ4n) is 1.43. The summed E-state index contributed by atoms with van der Waals surface area (Å²) in [6.45, 7) is 3.86. The molecule has 84 valence electrons. The number of hydrogen-bond donors (Lipinski definition) is 0. The Hall–Kier alpha value is -1.89. The highest BCUT2D eigenvalue weighted by Gasteiger charge is 2.21. The summed E-state index contributed by atoms with van der Waals surface area (Å²) in [6.07, 6.45) is 1.39. The molecule has 1 aromatic rings. The van der Waals surface area contributed by atoms with Gasteiger partial charge in [-0.1, -0.05) is 19.1 Å². The zero-order chi connectivity index (χ0) is 12.2. The lowest BCUT2D eigenvalue weighted by Gasteiger charge is -2.18. The second-order valence-corrected chi connectivity index (χ2v) is 4.13. The summed E-state index contributed by atoms with van der Waals surface area (Å²) in [7, 11) is 0. The van der Waals surface area contributed by atoms with E-state index in [1.54, 1.807) is 12.1 Å². The van der Waals surface area contributed by atoms with E-state index in [-0.39, 0.29) is 5.69 Å². The molecule has 0 aliphatic heterocycles. The lowest BCUT2D eigenvalue weighted by molar-refractivity contribution is -0.384. The molecule has 0 spiro atoms. The van der Waals surface area contributed by atoms with Crippen LogP contribution in [0.2, 0.25) is 0 Å². The molecule has 4 nitrogen and oxygen atoms in total. The predicted octanol–water partition coefficient (Wildman–Crippen LogP) is 3.08. The predicted molar refractivity (Wildman–Crippen MR) is 60.8 cm³/mol. The molecule has 0 fully saturated rings. The first-order valence-corrected chi connectivity index (χ1v) is 5.15. The second kappa shape index (κ2) is 4.75. The Bertz CT molecular complexity index is 420. The molecule has 0 amide bonds. The maximum Gasteiger partial charge on any atom is 0.269 e. The standard InChI is InChI=1S/C12H14N2O2/c1-3-12(2,9-13)8-10-4-6-11(7-5-10)14(15)16/h4-7H,3,8H2,1-2H3. The molecule has 0 N–H and O–H groups in total. The van der Waals surface area contributed by atoms with Crippen LogP contribution < -0.4 is 0 Å². The van der Waals surface area contributed by atoms with Crippen molar-refractivity contribution in [3.8, 4) is 6.07 Å². The van der Waals surface area contributed by atoms with Gasteiger partial charge in [0.05, 0.1) is 16.4 Å². The number of rotatable bonds is 4. The number of nitro groups is 1. The smallest absolute Gasteiger partial charge is 0.258 e. The van der Waals surface area contributed by atoms with Crippen LogP contribution in [0.4, 0.5) is 5.69 Å². The van der Waals surface area contributed by atoms with Crippen LogP contribution in [0, 0.1) is 26.9 Å². The second-order valence-electron chi connectivity index (χ2n) is 4.13. The molecule has 16 heavy (non-hydrogen) atoms. The van der Waals surface area contributed by atoms with Crippen molar-refractivity contribution in [2.24, 2.45) is 5.41 Å². The van der Waals surface area contributed by atoms with Crippen molar-refractivity contribution in [3.05, 3.63) is 39.9 Å². The summed E-state index contributed by atoms with van der Waals surface area (Å²) in [5, 5.41) is 19.5. The number of non-ortho nitro benzene ring substituents is 1. The Morgan fingerprint density at radius 2 is 2.00 bits per heavy atom. The first-order chi connectivity index (χ1) is 7.50. The zero-order valence-corrected chi connectivity index (χ0v) is 9.43. The third-order valence-electron chi connectivity index (χ3n) is 2.79. The van der Waals surface area contributed by atoms with Crippen molar-refractivity contribution in [2.45, 2.75) is 26.7 Å². The molecule has 0 aromatic heterocycles. The maximum atomic E-state index is 10.5. The number of nitro benzene ring substituents is 1. The Morgan fingerprint density at radius 1 is 1.44 bits per heavy atom. The molecule has 0 saturated carbocycles. The van der Waals surface area contributed by atoms with Crippen LogP contribution in [0.15, 0.2) is 24.3 Å². The molecule has 0 saturated heterocycles. The van der Waals surface area contributed by atoms with Crippen molar-refractivity contribution in [1.29, 1.82) is 5.26 Å². The van der Waals surface area contributed by atoms with Gasteiger partial charge in [0.15, 0.2) is 0 Å². The fourth-order valence-corrected chi connectivity index (χ4v) is 1.43. The highest BCUT2D eigenvalue weighted by Crippen LogP contribution is 2.26. The van der Waals surface area contributed by atoms with E-state index in [4.69, 9.17) is 5.26 Å². The molecule has 0 aliphatic carbocycles. The zero-order valence-electron chi connectivity index (χ0n) is 9.43. The first kappa shape index (κ1) is 12.2. The number of benzene rings is 1. The van der Waals surface area contributed by atoms with Gasteiger partial charge in [-0.3, -0.25) is 10.1 Å². The third kappa shape index (κ3) is 2.80. The van der Waals surface area contributed by atoms with E-state index >= 15 is 0 Å². The number of hydrogen-bond acceptors (Lipinski definition) is 3. The molecule has 1 aromatic carbocycles. The van der Waals surface area contributed by atoms with E-state index in [1.165, 1.54) is 12.1 Å². The summed E-state index contributed by atoms with van der Waals surface area (Å²) < 4.78 is 0. The largest absolute Gasteiger partial charge is 0.269 e. The molecule has 1 atom stereocenters. The van der Waals surface area contributed by atoms with Gasteiger partial charge in [-0.25, -0.2) is 0 Å². The van der Waals surface area contributed by atoms with Gasteiger partial charge in [0, 0.05) is 12.1 Å². The average Bonchev–Trinajstić information content (AvgIpc) is 2.29. The van der Waals surface area contributed by atoms with Crippen LogP contribution in [0.5, 0.6) is 0 Å². The molecule has 1 rings (SSSR count). The highest BCUT2D eigenvalue weighted by molar-refractivity contribution is 5.33. The quantitative estimate of drug-likeness (QED) is 0.576. The molecule has 0 radical (unpaired) electrons. The fraction of sp³-hybridized carbons (Fsp3) is 0.417. The van der Waals surface area contributed by atoms with Gasteiger partial charge in [-0.05, 0) is 25.3 Å². The van der Waals surface area contributed by atoms with Crippen molar-refractivity contribution in [3.63, 3.8) is 0 Å². The van der Waals surface area contributed by atoms with Crippen LogP contribution in [0.25, 0.3) is 0 Å². The first-order valence-electron chi connectivity index (χ1n) is 5.15. The van der Waals surface area contributed by atoms with E-state index in [0.29, 0.717) is 6.42 Å². The van der Waals surface area contributed by atoms with Crippen LogP contribution >= 0.6 is 0 Å². The molecule has 4 heteroatoms. The molecule has 1 unspecified atom stereocenters. The van der Waals surface area contributed by atoms with Crippen molar-refractivity contribution >= 4 is 5.69 Å². The molecular formula is C12H14N2O2. The lowest BCUT2D eigenvalue weighted by atomic mass is 9.83. The molecule has 0 bridgehead atoms. The van der Waals surface area contributed by atoms with E-state index in [0.717, 1.165) is 12.0 Å². The van der Waals surface area contributed by atoms with E-state index < -0.39 is 10.3 Å². The Balaban J connectivity index is 2.84. The van der Waals surface area contributed by atoms with Crippen molar-refractivity contribution in [1.82, 2.24) is 0 Å². The average molecular weight is 218 g/mol. The van der Waals surface area contributed by atoms with Crippen molar-refractivity contribution < 1.29 is 4.92 Å². The summed E-state index contributed by atoms with van der Waals surface area (Å²) in [6, 6.07) is 8.65.